The first kappa shape index (κ1) is 23.5. The van der Waals surface area contributed by atoms with Crippen LogP contribution in [0.5, 0.6) is 0 Å². The largest absolute Gasteiger partial charge is 0.369 e. The first-order valence-corrected chi connectivity index (χ1v) is 13.0. The fourth-order valence-electron chi connectivity index (χ4n) is 4.86. The van der Waals surface area contributed by atoms with E-state index in [0.29, 0.717) is 23.7 Å². The summed E-state index contributed by atoms with van der Waals surface area (Å²) in [5.74, 6) is -0.0188. The number of piperidine rings is 1. The molecule has 0 aliphatic carbocycles. The molecule has 5 nitrogen and oxygen atoms in total. The second-order valence-electron chi connectivity index (χ2n) is 9.36. The summed E-state index contributed by atoms with van der Waals surface area (Å²) in [7, 11) is -4.06. The molecule has 176 valence electrons. The summed E-state index contributed by atoms with van der Waals surface area (Å²) < 4.78 is 44.0. The van der Waals surface area contributed by atoms with Crippen molar-refractivity contribution in [3.8, 4) is 0 Å². The van der Waals surface area contributed by atoms with Crippen LogP contribution in [0.2, 0.25) is 0 Å². The van der Waals surface area contributed by atoms with Gasteiger partial charge in [-0.2, -0.15) is 0 Å². The summed E-state index contributed by atoms with van der Waals surface area (Å²) in [6.07, 6.45) is 4.29. The monoisotopic (exact) mass is 470 g/mol. The lowest BCUT2D eigenvalue weighted by atomic mass is 9.99. The zero-order chi connectivity index (χ0) is 23.9. The minimum Gasteiger partial charge on any atom is -0.369 e. The molecular weight excluding hydrogens is 439 g/mol. The molecule has 33 heavy (non-hydrogen) atoms. The molecule has 7 heteroatoms. The third kappa shape index (κ3) is 4.43. The van der Waals surface area contributed by atoms with Crippen molar-refractivity contribution in [2.45, 2.75) is 63.3 Å². The summed E-state index contributed by atoms with van der Waals surface area (Å²) in [5.41, 5.74) is 1.98. The van der Waals surface area contributed by atoms with Crippen molar-refractivity contribution in [2.24, 2.45) is 5.92 Å². The SMILES string of the molecule is CCCn1cc(S(=O)(=O)c2cc(C)cc(C)c2)c(=O)c2cc(F)c(N3CCCC(C)C3)cc21. The molecule has 2 heterocycles. The average Bonchev–Trinajstić information content (AvgIpc) is 2.74. The summed E-state index contributed by atoms with van der Waals surface area (Å²) in [4.78, 5) is 15.2. The number of halogens is 1. The van der Waals surface area contributed by atoms with Gasteiger partial charge in [0.05, 0.1) is 21.5 Å². The number of pyridine rings is 1. The lowest BCUT2D eigenvalue weighted by Gasteiger charge is -2.33. The first-order valence-electron chi connectivity index (χ1n) is 11.6. The van der Waals surface area contributed by atoms with E-state index in [2.05, 4.69) is 6.92 Å². The highest BCUT2D eigenvalue weighted by Gasteiger charge is 2.26. The van der Waals surface area contributed by atoms with Crippen LogP contribution in [-0.2, 0) is 16.4 Å². The minimum atomic E-state index is -4.06. The number of anilines is 1. The summed E-state index contributed by atoms with van der Waals surface area (Å²) in [5, 5.41) is 0.0974. The summed E-state index contributed by atoms with van der Waals surface area (Å²) in [6.45, 7) is 9.83. The minimum absolute atomic E-state index is 0.0823. The van der Waals surface area contributed by atoms with Gasteiger partial charge in [0, 0.05) is 25.8 Å². The van der Waals surface area contributed by atoms with Gasteiger partial charge in [0.15, 0.2) is 0 Å². The number of rotatable bonds is 5. The van der Waals surface area contributed by atoms with Crippen molar-refractivity contribution in [1.29, 1.82) is 0 Å². The smallest absolute Gasteiger partial charge is 0.211 e. The van der Waals surface area contributed by atoms with Gasteiger partial charge in [-0.3, -0.25) is 4.79 Å². The van der Waals surface area contributed by atoms with E-state index in [0.717, 1.165) is 43.5 Å². The van der Waals surface area contributed by atoms with Crippen LogP contribution in [-0.4, -0.2) is 26.1 Å². The molecule has 0 N–H and O–H groups in total. The van der Waals surface area contributed by atoms with Crippen LogP contribution in [0.4, 0.5) is 10.1 Å². The van der Waals surface area contributed by atoms with Crippen molar-refractivity contribution in [3.05, 3.63) is 63.7 Å². The number of aryl methyl sites for hydroxylation is 3. The standard InChI is InChI=1S/C26H31FN2O3S/c1-5-8-28-16-25(33(31,32)20-11-18(3)10-19(4)12-20)26(30)21-13-22(27)24(14-23(21)28)29-9-6-7-17(2)15-29/h10-14,16-17H,5-9,15H2,1-4H3. The Hall–Kier alpha value is -2.67. The molecule has 1 aliphatic heterocycles. The van der Waals surface area contributed by atoms with E-state index < -0.39 is 21.1 Å². The molecule has 1 aromatic heterocycles. The number of nitrogens with zero attached hydrogens (tertiary/aromatic N) is 2. The van der Waals surface area contributed by atoms with Gasteiger partial charge in [-0.25, -0.2) is 12.8 Å². The Balaban J connectivity index is 1.94. The Morgan fingerprint density at radius 1 is 1.09 bits per heavy atom. The summed E-state index contributed by atoms with van der Waals surface area (Å²) >= 11 is 0. The Labute approximate surface area is 194 Å². The average molecular weight is 471 g/mol. The van der Waals surface area contributed by atoms with E-state index in [1.54, 1.807) is 22.8 Å². The zero-order valence-corrected chi connectivity index (χ0v) is 20.5. The van der Waals surface area contributed by atoms with Crippen LogP contribution in [0.1, 0.15) is 44.2 Å². The van der Waals surface area contributed by atoms with E-state index in [1.807, 2.05) is 31.7 Å². The Bertz CT molecular complexity index is 1360. The molecule has 1 fully saturated rings. The van der Waals surface area contributed by atoms with Gasteiger partial charge < -0.3 is 9.47 Å². The van der Waals surface area contributed by atoms with Gasteiger partial charge in [0.1, 0.15) is 10.7 Å². The van der Waals surface area contributed by atoms with Crippen LogP contribution in [0, 0.1) is 25.6 Å². The van der Waals surface area contributed by atoms with Crippen LogP contribution < -0.4 is 10.3 Å². The zero-order valence-electron chi connectivity index (χ0n) is 19.7. The van der Waals surface area contributed by atoms with Crippen molar-refractivity contribution >= 4 is 26.4 Å². The number of sulfone groups is 1. The van der Waals surface area contributed by atoms with Gasteiger partial charge in [0.25, 0.3) is 0 Å². The van der Waals surface area contributed by atoms with E-state index in [9.17, 15) is 13.2 Å². The predicted molar refractivity (Wildman–Crippen MR) is 130 cm³/mol. The molecule has 2 aromatic carbocycles. The number of hydrogen-bond donors (Lipinski definition) is 0. The van der Waals surface area contributed by atoms with Crippen LogP contribution in [0.3, 0.4) is 0 Å². The molecule has 1 unspecified atom stereocenters. The molecule has 0 saturated carbocycles. The third-order valence-corrected chi connectivity index (χ3v) is 8.10. The molecular formula is C26H31FN2O3S. The fourth-order valence-corrected chi connectivity index (χ4v) is 6.41. The maximum absolute atomic E-state index is 15.2. The Kier molecular flexibility index (Phi) is 6.36. The summed E-state index contributed by atoms with van der Waals surface area (Å²) in [6, 6.07) is 7.95. The van der Waals surface area contributed by atoms with Gasteiger partial charge in [-0.15, -0.1) is 0 Å². The quantitative estimate of drug-likeness (QED) is 0.512. The highest BCUT2D eigenvalue weighted by atomic mass is 32.2. The number of aromatic nitrogens is 1. The lowest BCUT2D eigenvalue weighted by Crippen LogP contribution is -2.35. The number of benzene rings is 2. The second kappa shape index (κ2) is 8.93. The van der Waals surface area contributed by atoms with Gasteiger partial charge >= 0.3 is 0 Å². The van der Waals surface area contributed by atoms with Crippen LogP contribution in [0.25, 0.3) is 10.9 Å². The maximum atomic E-state index is 15.2. The maximum Gasteiger partial charge on any atom is 0.211 e. The van der Waals surface area contributed by atoms with Crippen molar-refractivity contribution in [2.75, 3.05) is 18.0 Å². The fraction of sp³-hybridized carbons (Fsp3) is 0.423. The molecule has 0 amide bonds. The normalized spacial score (nSPS) is 17.0. The van der Waals surface area contributed by atoms with Gasteiger partial charge in [0.2, 0.25) is 15.3 Å². The molecule has 4 rings (SSSR count). The van der Waals surface area contributed by atoms with E-state index in [1.165, 1.54) is 12.3 Å². The van der Waals surface area contributed by atoms with Crippen LogP contribution >= 0.6 is 0 Å². The highest BCUT2D eigenvalue weighted by Crippen LogP contribution is 2.30. The van der Waals surface area contributed by atoms with Gasteiger partial charge in [-0.1, -0.05) is 19.9 Å². The van der Waals surface area contributed by atoms with Crippen molar-refractivity contribution in [3.63, 3.8) is 0 Å². The Morgan fingerprint density at radius 2 is 1.79 bits per heavy atom. The molecule has 1 atom stereocenters. The van der Waals surface area contributed by atoms with E-state index in [4.69, 9.17) is 0 Å². The highest BCUT2D eigenvalue weighted by molar-refractivity contribution is 7.91. The molecule has 0 spiro atoms. The number of hydrogen-bond acceptors (Lipinski definition) is 4. The topological polar surface area (TPSA) is 59.4 Å². The third-order valence-electron chi connectivity index (χ3n) is 6.37. The van der Waals surface area contributed by atoms with E-state index >= 15 is 4.39 Å². The second-order valence-corrected chi connectivity index (χ2v) is 11.3. The first-order chi connectivity index (χ1) is 15.6. The number of fused-ring (bicyclic) bond motifs is 1. The Morgan fingerprint density at radius 3 is 2.42 bits per heavy atom. The van der Waals surface area contributed by atoms with E-state index in [-0.39, 0.29) is 15.2 Å². The van der Waals surface area contributed by atoms with Crippen molar-refractivity contribution < 1.29 is 12.8 Å². The molecule has 3 aromatic rings. The van der Waals surface area contributed by atoms with Crippen LogP contribution in [0.15, 0.2) is 51.1 Å². The molecule has 0 radical (unpaired) electrons. The predicted octanol–water partition coefficient (Wildman–Crippen LogP) is 5.24. The molecule has 1 aliphatic rings. The molecule has 0 bridgehead atoms. The molecule has 1 saturated heterocycles. The lowest BCUT2D eigenvalue weighted by molar-refractivity contribution is 0.442. The van der Waals surface area contributed by atoms with Gasteiger partial charge in [-0.05, 0) is 74.4 Å². The van der Waals surface area contributed by atoms with Crippen molar-refractivity contribution in [1.82, 2.24) is 4.57 Å².